The summed E-state index contributed by atoms with van der Waals surface area (Å²) >= 11 is 0. The first kappa shape index (κ1) is 18.6. The Labute approximate surface area is 154 Å². The summed E-state index contributed by atoms with van der Waals surface area (Å²) < 4.78 is 0. The fourth-order valence-electron chi connectivity index (χ4n) is 4.12. The molecule has 6 nitrogen and oxygen atoms in total. The van der Waals surface area contributed by atoms with Crippen molar-refractivity contribution in [3.63, 3.8) is 0 Å². The monoisotopic (exact) mass is 356 g/mol. The van der Waals surface area contributed by atoms with Gasteiger partial charge >= 0.3 is 0 Å². The summed E-state index contributed by atoms with van der Waals surface area (Å²) in [5.41, 5.74) is 0.513. The predicted molar refractivity (Wildman–Crippen MR) is 103 cm³/mol. The molecule has 0 spiro atoms. The first-order valence-corrected chi connectivity index (χ1v) is 9.10. The zero-order valence-corrected chi connectivity index (χ0v) is 16.2. The van der Waals surface area contributed by atoms with E-state index in [-0.39, 0.29) is 29.0 Å². The van der Waals surface area contributed by atoms with Gasteiger partial charge in [0.2, 0.25) is 5.91 Å². The summed E-state index contributed by atoms with van der Waals surface area (Å²) in [5.74, 6) is 0.310. The second-order valence-electron chi connectivity index (χ2n) is 8.45. The number of H-pyrrole nitrogens is 1. The lowest BCUT2D eigenvalue weighted by Crippen LogP contribution is -2.48. The van der Waals surface area contributed by atoms with Gasteiger partial charge in [-0.25, -0.2) is 5.10 Å². The maximum absolute atomic E-state index is 12.5. The minimum atomic E-state index is -0.234. The molecule has 1 amide bonds. The topological polar surface area (TPSA) is 78.1 Å². The van der Waals surface area contributed by atoms with E-state index >= 15 is 0 Å². The van der Waals surface area contributed by atoms with Crippen LogP contribution in [0.2, 0.25) is 0 Å². The van der Waals surface area contributed by atoms with Gasteiger partial charge in [-0.1, -0.05) is 18.2 Å². The van der Waals surface area contributed by atoms with Gasteiger partial charge in [-0.05, 0) is 53.1 Å². The van der Waals surface area contributed by atoms with Crippen LogP contribution in [0.4, 0.5) is 0 Å². The highest BCUT2D eigenvalue weighted by Gasteiger charge is 2.48. The highest BCUT2D eigenvalue weighted by atomic mass is 16.1. The molecule has 2 heterocycles. The normalized spacial score (nSPS) is 21.8. The lowest BCUT2D eigenvalue weighted by molar-refractivity contribution is -0.120. The molecule has 0 bridgehead atoms. The number of carbonyl (C=O) groups is 1. The lowest BCUT2D eigenvalue weighted by Gasteiger charge is -2.38. The van der Waals surface area contributed by atoms with Gasteiger partial charge in [0, 0.05) is 23.0 Å². The maximum atomic E-state index is 12.5. The Morgan fingerprint density at radius 3 is 2.54 bits per heavy atom. The molecule has 0 radical (unpaired) electrons. The van der Waals surface area contributed by atoms with Crippen molar-refractivity contribution in [1.82, 2.24) is 20.4 Å². The van der Waals surface area contributed by atoms with Crippen LogP contribution in [-0.2, 0) is 11.2 Å². The number of hydrogen-bond acceptors (Lipinski definition) is 4. The minimum Gasteiger partial charge on any atom is -0.355 e. The number of likely N-dealkylation sites (tertiary alicyclic amines) is 1. The Morgan fingerprint density at radius 2 is 1.92 bits per heavy atom. The van der Waals surface area contributed by atoms with Crippen LogP contribution in [-0.4, -0.2) is 45.7 Å². The van der Waals surface area contributed by atoms with E-state index in [0.717, 1.165) is 11.8 Å². The smallest absolute Gasteiger partial charge is 0.272 e. The summed E-state index contributed by atoms with van der Waals surface area (Å²) in [6.45, 7) is 9.59. The first-order valence-electron chi connectivity index (χ1n) is 9.10. The minimum absolute atomic E-state index is 0.0275. The molecule has 1 aliphatic rings. The van der Waals surface area contributed by atoms with E-state index in [1.807, 2.05) is 18.2 Å². The van der Waals surface area contributed by atoms with Crippen molar-refractivity contribution in [3.8, 4) is 0 Å². The number of fused-ring (bicyclic) bond motifs is 1. The van der Waals surface area contributed by atoms with E-state index in [1.54, 1.807) is 6.07 Å². The Morgan fingerprint density at radius 1 is 1.27 bits per heavy atom. The van der Waals surface area contributed by atoms with Crippen LogP contribution in [0.3, 0.4) is 0 Å². The number of nitrogens with zero attached hydrogens (tertiary/aromatic N) is 2. The molecule has 26 heavy (non-hydrogen) atoms. The van der Waals surface area contributed by atoms with E-state index < -0.39 is 0 Å². The van der Waals surface area contributed by atoms with Crippen molar-refractivity contribution in [2.75, 3.05) is 13.6 Å². The van der Waals surface area contributed by atoms with Crippen LogP contribution >= 0.6 is 0 Å². The number of hydrogen-bond donors (Lipinski definition) is 2. The second kappa shape index (κ2) is 6.50. The standard InChI is InChI=1S/C20H28N4O2/c1-19(2)11-13(20(3,4)24(19)5)12-21-17(25)10-16-14-8-6-7-9-15(14)18(26)23-22-16/h6-9,13H,10-12H2,1-5H3,(H,21,25)(H,23,26). The Hall–Kier alpha value is -2.21. The molecule has 2 N–H and O–H groups in total. The van der Waals surface area contributed by atoms with Gasteiger partial charge in [0.25, 0.3) is 5.56 Å². The molecule has 1 aromatic heterocycles. The molecular formula is C20H28N4O2. The van der Waals surface area contributed by atoms with Crippen molar-refractivity contribution >= 4 is 16.7 Å². The van der Waals surface area contributed by atoms with Crippen molar-refractivity contribution in [2.24, 2.45) is 5.92 Å². The Kier molecular flexibility index (Phi) is 4.65. The summed E-state index contributed by atoms with van der Waals surface area (Å²) in [7, 11) is 2.15. The number of amides is 1. The SMILES string of the molecule is CN1C(C)(C)CC(CNC(=O)Cc2n[nH]c(=O)c3ccccc23)C1(C)C. The molecule has 1 fully saturated rings. The van der Waals surface area contributed by atoms with E-state index in [4.69, 9.17) is 0 Å². The number of nitrogens with one attached hydrogen (secondary N) is 2. The van der Waals surface area contributed by atoms with Gasteiger partial charge in [-0.3, -0.25) is 14.5 Å². The Balaban J connectivity index is 1.69. The van der Waals surface area contributed by atoms with Crippen LogP contribution < -0.4 is 10.9 Å². The van der Waals surface area contributed by atoms with E-state index in [9.17, 15) is 9.59 Å². The van der Waals surface area contributed by atoms with E-state index in [2.05, 4.69) is 55.2 Å². The maximum Gasteiger partial charge on any atom is 0.272 e. The summed E-state index contributed by atoms with van der Waals surface area (Å²) in [5, 5.41) is 10.9. The molecule has 1 saturated heterocycles. The highest BCUT2D eigenvalue weighted by Crippen LogP contribution is 2.43. The highest BCUT2D eigenvalue weighted by molar-refractivity contribution is 5.88. The van der Waals surface area contributed by atoms with Crippen LogP contribution in [0, 0.1) is 5.92 Å². The zero-order valence-electron chi connectivity index (χ0n) is 16.2. The van der Waals surface area contributed by atoms with Crippen LogP contribution in [0.5, 0.6) is 0 Å². The van der Waals surface area contributed by atoms with E-state index in [1.165, 1.54) is 0 Å². The third-order valence-electron chi connectivity index (χ3n) is 6.17. The fraction of sp³-hybridized carbons (Fsp3) is 0.550. The summed E-state index contributed by atoms with van der Waals surface area (Å²) in [6, 6.07) is 7.24. The molecule has 1 aromatic carbocycles. The summed E-state index contributed by atoms with van der Waals surface area (Å²) in [6.07, 6.45) is 1.19. The van der Waals surface area contributed by atoms with Gasteiger partial charge in [-0.2, -0.15) is 5.10 Å². The molecule has 6 heteroatoms. The molecule has 1 aliphatic heterocycles. The predicted octanol–water partition coefficient (Wildman–Crippen LogP) is 2.09. The molecule has 3 rings (SSSR count). The molecule has 0 aliphatic carbocycles. The van der Waals surface area contributed by atoms with Gasteiger partial charge in [0.15, 0.2) is 0 Å². The first-order chi connectivity index (χ1) is 12.1. The summed E-state index contributed by atoms with van der Waals surface area (Å²) in [4.78, 5) is 26.7. The van der Waals surface area contributed by atoms with Crippen molar-refractivity contribution in [3.05, 3.63) is 40.3 Å². The van der Waals surface area contributed by atoms with Crippen LogP contribution in [0.25, 0.3) is 10.8 Å². The average Bonchev–Trinajstić information content (AvgIpc) is 2.75. The molecule has 1 atom stereocenters. The van der Waals surface area contributed by atoms with Crippen LogP contribution in [0.1, 0.15) is 39.8 Å². The van der Waals surface area contributed by atoms with E-state index in [0.29, 0.717) is 23.5 Å². The lowest BCUT2D eigenvalue weighted by atomic mass is 9.87. The quantitative estimate of drug-likeness (QED) is 0.879. The molecule has 140 valence electrons. The van der Waals surface area contributed by atoms with Crippen molar-refractivity contribution in [2.45, 2.75) is 51.6 Å². The third kappa shape index (κ3) is 3.26. The average molecular weight is 356 g/mol. The number of benzene rings is 1. The van der Waals surface area contributed by atoms with Crippen molar-refractivity contribution < 1.29 is 4.79 Å². The number of aromatic amines is 1. The zero-order chi connectivity index (χ0) is 19.1. The third-order valence-corrected chi connectivity index (χ3v) is 6.17. The van der Waals surface area contributed by atoms with Gasteiger partial charge < -0.3 is 5.32 Å². The molecule has 1 unspecified atom stereocenters. The fourth-order valence-corrected chi connectivity index (χ4v) is 4.12. The molecule has 2 aromatic rings. The molecular weight excluding hydrogens is 328 g/mol. The van der Waals surface area contributed by atoms with Crippen LogP contribution in [0.15, 0.2) is 29.1 Å². The van der Waals surface area contributed by atoms with Gasteiger partial charge in [-0.15, -0.1) is 0 Å². The second-order valence-corrected chi connectivity index (χ2v) is 8.45. The van der Waals surface area contributed by atoms with Crippen molar-refractivity contribution in [1.29, 1.82) is 0 Å². The Bertz CT molecular complexity index is 885. The number of aromatic nitrogens is 2. The molecule has 0 saturated carbocycles. The number of rotatable bonds is 4. The van der Waals surface area contributed by atoms with Gasteiger partial charge in [0.1, 0.15) is 0 Å². The number of carbonyl (C=O) groups excluding carboxylic acids is 1. The van der Waals surface area contributed by atoms with Gasteiger partial charge in [0.05, 0.1) is 17.5 Å². The largest absolute Gasteiger partial charge is 0.355 e.